The van der Waals surface area contributed by atoms with Gasteiger partial charge < -0.3 is 9.64 Å². The highest BCUT2D eigenvalue weighted by atomic mass is 32.2. The van der Waals surface area contributed by atoms with E-state index >= 15 is 0 Å². The Hall–Kier alpha value is -1.79. The molecule has 2 aliphatic heterocycles. The Morgan fingerprint density at radius 3 is 2.33 bits per heavy atom. The van der Waals surface area contributed by atoms with Gasteiger partial charge in [0, 0.05) is 38.2 Å². The third-order valence-electron chi connectivity index (χ3n) is 5.26. The van der Waals surface area contributed by atoms with E-state index in [1.807, 2.05) is 0 Å². The van der Waals surface area contributed by atoms with Crippen LogP contribution in [0.5, 0.6) is 0 Å². The van der Waals surface area contributed by atoms with Gasteiger partial charge in [-0.1, -0.05) is 18.2 Å². The summed E-state index contributed by atoms with van der Waals surface area (Å²) in [5.41, 5.74) is 0. The Kier molecular flexibility index (Phi) is 5.99. The number of piperazine rings is 1. The number of benzene rings is 1. The molecule has 1 amide bonds. The van der Waals surface area contributed by atoms with Crippen LogP contribution in [0.3, 0.4) is 0 Å². The summed E-state index contributed by atoms with van der Waals surface area (Å²) in [6.45, 7) is 1.49. The molecular weight excluding hydrogens is 448 g/mol. The molecule has 1 aromatic carbocycles. The van der Waals surface area contributed by atoms with Gasteiger partial charge in [0.25, 0.3) is 15.9 Å². The highest BCUT2D eigenvalue weighted by Gasteiger charge is 2.35. The first kappa shape index (κ1) is 21.4. The minimum Gasteiger partial charge on any atom is -0.368 e. The van der Waals surface area contributed by atoms with Crippen molar-refractivity contribution in [2.45, 2.75) is 32.9 Å². The van der Waals surface area contributed by atoms with Gasteiger partial charge in [-0.05, 0) is 31.0 Å². The molecule has 3 heterocycles. The molecule has 0 radical (unpaired) electrons. The number of hydrogen-bond acceptors (Lipinski definition) is 7. The summed E-state index contributed by atoms with van der Waals surface area (Å²) in [6, 6.07) is 9.12. The minimum atomic E-state index is -3.83. The van der Waals surface area contributed by atoms with Gasteiger partial charge in [0.05, 0.1) is 9.79 Å². The lowest BCUT2D eigenvalue weighted by atomic mass is 10.2. The van der Waals surface area contributed by atoms with Crippen molar-refractivity contribution in [1.29, 1.82) is 0 Å². The van der Waals surface area contributed by atoms with E-state index in [2.05, 4.69) is 0 Å². The van der Waals surface area contributed by atoms with Gasteiger partial charge in [-0.15, -0.1) is 11.3 Å². The first-order valence-corrected chi connectivity index (χ1v) is 13.4. The highest BCUT2D eigenvalue weighted by molar-refractivity contribution is 7.92. The Labute approximate surface area is 180 Å². The van der Waals surface area contributed by atoms with Crippen molar-refractivity contribution in [3.63, 3.8) is 0 Å². The van der Waals surface area contributed by atoms with Gasteiger partial charge in [-0.2, -0.15) is 4.31 Å². The number of rotatable bonds is 5. The number of hydrogen-bond donors (Lipinski definition) is 0. The molecule has 1 atom stereocenters. The van der Waals surface area contributed by atoms with Crippen LogP contribution in [0.4, 0.5) is 0 Å². The SMILES string of the molecule is O=C([C@@H]1CCCO1)N1CCN(S(=O)(=O)c2cc(S(=O)(=O)c3ccccc3)cs2)CC1. The zero-order chi connectivity index (χ0) is 21.4. The predicted molar refractivity (Wildman–Crippen MR) is 111 cm³/mol. The fourth-order valence-corrected chi connectivity index (χ4v) is 8.04. The maximum Gasteiger partial charge on any atom is 0.252 e. The fourth-order valence-electron chi connectivity index (χ4n) is 3.56. The molecule has 2 saturated heterocycles. The summed E-state index contributed by atoms with van der Waals surface area (Å²) in [6.07, 6.45) is 1.14. The number of thiophene rings is 1. The van der Waals surface area contributed by atoms with E-state index in [4.69, 9.17) is 4.74 Å². The molecular formula is C19H22N2O6S3. The first-order valence-electron chi connectivity index (χ1n) is 9.59. The molecule has 0 aliphatic carbocycles. The molecule has 0 N–H and O–H groups in total. The van der Waals surface area contributed by atoms with E-state index in [-0.39, 0.29) is 33.0 Å². The normalized spacial score (nSPS) is 21.1. The second-order valence-electron chi connectivity index (χ2n) is 7.15. The Bertz CT molecular complexity index is 1110. The maximum absolute atomic E-state index is 13.0. The summed E-state index contributed by atoms with van der Waals surface area (Å²) in [5.74, 6) is -0.0862. The lowest BCUT2D eigenvalue weighted by molar-refractivity contribution is -0.142. The van der Waals surface area contributed by atoms with Crippen molar-refractivity contribution in [3.05, 3.63) is 41.8 Å². The van der Waals surface area contributed by atoms with Crippen LogP contribution in [0.25, 0.3) is 0 Å². The molecule has 4 rings (SSSR count). The van der Waals surface area contributed by atoms with E-state index in [0.717, 1.165) is 17.8 Å². The number of sulfone groups is 1. The van der Waals surface area contributed by atoms with E-state index in [0.29, 0.717) is 26.1 Å². The van der Waals surface area contributed by atoms with Gasteiger partial charge in [0.1, 0.15) is 10.3 Å². The van der Waals surface area contributed by atoms with Crippen LogP contribution >= 0.6 is 11.3 Å². The molecule has 0 saturated carbocycles. The minimum absolute atomic E-state index is 0.0177. The smallest absolute Gasteiger partial charge is 0.252 e. The van der Waals surface area contributed by atoms with Crippen molar-refractivity contribution in [2.24, 2.45) is 0 Å². The van der Waals surface area contributed by atoms with Crippen molar-refractivity contribution in [3.8, 4) is 0 Å². The zero-order valence-corrected chi connectivity index (χ0v) is 18.6. The van der Waals surface area contributed by atoms with Crippen molar-refractivity contribution >= 4 is 37.1 Å². The summed E-state index contributed by atoms with van der Waals surface area (Å²) in [7, 11) is -7.61. The first-order chi connectivity index (χ1) is 14.3. The molecule has 8 nitrogen and oxygen atoms in total. The largest absolute Gasteiger partial charge is 0.368 e. The molecule has 11 heteroatoms. The summed E-state index contributed by atoms with van der Waals surface area (Å²) in [5, 5.41) is 1.35. The van der Waals surface area contributed by atoms with Crippen LogP contribution in [0.1, 0.15) is 12.8 Å². The van der Waals surface area contributed by atoms with Gasteiger partial charge in [-0.25, -0.2) is 16.8 Å². The van der Waals surface area contributed by atoms with Crippen molar-refractivity contribution in [1.82, 2.24) is 9.21 Å². The molecule has 0 spiro atoms. The molecule has 162 valence electrons. The Balaban J connectivity index is 1.47. The molecule has 2 aliphatic rings. The van der Waals surface area contributed by atoms with Gasteiger partial charge >= 0.3 is 0 Å². The second kappa shape index (κ2) is 8.39. The van der Waals surface area contributed by atoms with E-state index < -0.39 is 26.0 Å². The highest BCUT2D eigenvalue weighted by Crippen LogP contribution is 2.30. The molecule has 1 aromatic heterocycles. The summed E-state index contributed by atoms with van der Waals surface area (Å²) in [4.78, 5) is 14.2. The van der Waals surface area contributed by atoms with Crippen LogP contribution in [0, 0.1) is 0 Å². The van der Waals surface area contributed by atoms with Crippen LogP contribution in [0.2, 0.25) is 0 Å². The summed E-state index contributed by atoms with van der Waals surface area (Å²) >= 11 is 0.890. The van der Waals surface area contributed by atoms with Gasteiger partial charge in [-0.3, -0.25) is 4.79 Å². The van der Waals surface area contributed by atoms with Crippen molar-refractivity contribution in [2.75, 3.05) is 32.8 Å². The number of ether oxygens (including phenoxy) is 1. The molecule has 2 fully saturated rings. The van der Waals surface area contributed by atoms with E-state index in [1.54, 1.807) is 23.1 Å². The lowest BCUT2D eigenvalue weighted by Gasteiger charge is -2.34. The van der Waals surface area contributed by atoms with Crippen LogP contribution in [-0.4, -0.2) is 70.8 Å². The monoisotopic (exact) mass is 470 g/mol. The van der Waals surface area contributed by atoms with Gasteiger partial charge in [0.15, 0.2) is 0 Å². The predicted octanol–water partition coefficient (Wildman–Crippen LogP) is 1.59. The summed E-state index contributed by atoms with van der Waals surface area (Å²) < 4.78 is 58.2. The van der Waals surface area contributed by atoms with Gasteiger partial charge in [0.2, 0.25) is 9.84 Å². The molecule has 0 unspecified atom stereocenters. The molecule has 30 heavy (non-hydrogen) atoms. The lowest BCUT2D eigenvalue weighted by Crippen LogP contribution is -2.52. The number of carbonyl (C=O) groups is 1. The van der Waals surface area contributed by atoms with E-state index in [1.165, 1.54) is 27.9 Å². The number of amides is 1. The van der Waals surface area contributed by atoms with Crippen LogP contribution < -0.4 is 0 Å². The maximum atomic E-state index is 13.0. The third-order valence-corrected chi connectivity index (χ3v) is 10.5. The Morgan fingerprint density at radius 1 is 1.00 bits per heavy atom. The van der Waals surface area contributed by atoms with Crippen LogP contribution in [-0.2, 0) is 29.4 Å². The fraction of sp³-hybridized carbons (Fsp3) is 0.421. The number of nitrogens with zero attached hydrogens (tertiary/aromatic N) is 2. The standard InChI is InChI=1S/C19H22N2O6S3/c22-19(17-7-4-12-27-17)20-8-10-21(11-9-20)30(25,26)18-13-16(14-28-18)29(23,24)15-5-2-1-3-6-15/h1-3,5-6,13-14,17H,4,7-12H2/t17-/m0/s1. The zero-order valence-electron chi connectivity index (χ0n) is 16.1. The molecule has 2 aromatic rings. The second-order valence-corrected chi connectivity index (χ2v) is 12.2. The topological polar surface area (TPSA) is 101 Å². The van der Waals surface area contributed by atoms with E-state index in [9.17, 15) is 21.6 Å². The average molecular weight is 471 g/mol. The Morgan fingerprint density at radius 2 is 1.70 bits per heavy atom. The third kappa shape index (κ3) is 4.04. The average Bonchev–Trinajstić information content (AvgIpc) is 3.47. The quantitative estimate of drug-likeness (QED) is 0.658. The number of sulfonamides is 1. The van der Waals surface area contributed by atoms with Crippen molar-refractivity contribution < 1.29 is 26.4 Å². The number of carbonyl (C=O) groups excluding carboxylic acids is 1. The molecule has 0 bridgehead atoms. The van der Waals surface area contributed by atoms with Crippen LogP contribution in [0.15, 0.2) is 55.8 Å².